The Labute approximate surface area is 558 Å². The van der Waals surface area contributed by atoms with Crippen molar-refractivity contribution in [3.63, 3.8) is 0 Å². The molecule has 0 amide bonds. The summed E-state index contributed by atoms with van der Waals surface area (Å²) in [6.07, 6.45) is 0. The fraction of sp³-hybridized carbons (Fsp3) is 0. The Bertz CT molecular complexity index is 6150. The second kappa shape index (κ2) is 22.8. The second-order valence-corrected chi connectivity index (χ2v) is 25.7. The molecule has 450 valence electrons. The molecule has 95 heavy (non-hydrogen) atoms. The summed E-state index contributed by atoms with van der Waals surface area (Å²) in [6, 6.07) is 97.5. The largest absolute Gasteiger partial charge is 0.488 e. The van der Waals surface area contributed by atoms with E-state index < -0.39 is 7.12 Å². The Kier molecular flexibility index (Phi) is 13.6. The van der Waals surface area contributed by atoms with Crippen molar-refractivity contribution in [1.82, 2.24) is 0 Å². The number of halogens is 2. The van der Waals surface area contributed by atoms with Crippen LogP contribution in [0.15, 0.2) is 321 Å². The van der Waals surface area contributed by atoms with Crippen LogP contribution in [0.5, 0.6) is 0 Å². The summed E-state index contributed by atoms with van der Waals surface area (Å²) < 4.78 is 40.4. The molecule has 8 nitrogen and oxygen atoms in total. The van der Waals surface area contributed by atoms with E-state index >= 15 is 0 Å². The fourth-order valence-electron chi connectivity index (χ4n) is 13.5. The normalized spacial score (nSPS) is 11.8. The maximum Gasteiger partial charge on any atom is 0.488 e. The highest BCUT2D eigenvalue weighted by atomic mass is 79.9. The first-order valence-electron chi connectivity index (χ1n) is 31.2. The van der Waals surface area contributed by atoms with Crippen LogP contribution in [0.4, 0.5) is 0 Å². The summed E-state index contributed by atoms with van der Waals surface area (Å²) >= 11 is 6.66. The van der Waals surface area contributed by atoms with Gasteiger partial charge in [-0.3, -0.25) is 0 Å². The van der Waals surface area contributed by atoms with Gasteiger partial charge in [0, 0.05) is 73.6 Å². The zero-order valence-corrected chi connectivity index (χ0v) is 53.5. The maximum absolute atomic E-state index is 9.49. The predicted octanol–water partition coefficient (Wildman–Crippen LogP) is 24.0. The first kappa shape index (κ1) is 56.6. The summed E-state index contributed by atoms with van der Waals surface area (Å²) in [5, 5.41) is 31.2. The summed E-state index contributed by atoms with van der Waals surface area (Å²) in [7, 11) is -1.52. The Hall–Kier alpha value is -11.2. The average molecular weight is 1360 g/mol. The average Bonchev–Trinajstić information content (AvgIpc) is 1.76. The molecule has 11 heteroatoms. The minimum absolute atomic E-state index is 0.428. The summed E-state index contributed by atoms with van der Waals surface area (Å²) in [4.78, 5) is 0. The number of hydrogen-bond donors (Lipinski definition) is 2. The molecule has 0 atom stereocenters. The van der Waals surface area contributed by atoms with E-state index in [2.05, 4.69) is 226 Å². The van der Waals surface area contributed by atoms with Crippen LogP contribution in [0.25, 0.3) is 187 Å². The van der Waals surface area contributed by atoms with Gasteiger partial charge in [0.2, 0.25) is 0 Å². The van der Waals surface area contributed by atoms with Gasteiger partial charge in [-0.05, 0) is 188 Å². The molecule has 0 spiro atoms. The van der Waals surface area contributed by atoms with E-state index in [1.54, 1.807) is 18.2 Å². The van der Waals surface area contributed by atoms with Crippen molar-refractivity contribution in [2.45, 2.75) is 0 Å². The molecule has 2 N–H and O–H groups in total. The minimum atomic E-state index is -1.52. The molecule has 0 fully saturated rings. The van der Waals surface area contributed by atoms with E-state index in [-0.39, 0.29) is 0 Å². The smallest absolute Gasteiger partial charge is 0.452 e. The van der Waals surface area contributed by atoms with E-state index in [1.165, 1.54) is 11.1 Å². The molecule has 6 heterocycles. The molecular weight excluding hydrogens is 1310 g/mol. The number of furan rings is 6. The molecule has 6 aromatic heterocycles. The highest BCUT2D eigenvalue weighted by Crippen LogP contribution is 2.45. The molecule has 0 aliphatic rings. The van der Waals surface area contributed by atoms with Gasteiger partial charge in [-0.15, -0.1) is 0 Å². The zero-order valence-electron chi connectivity index (χ0n) is 50.3. The van der Waals surface area contributed by atoms with Gasteiger partial charge in [0.15, 0.2) is 33.5 Å². The van der Waals surface area contributed by atoms with Crippen molar-refractivity contribution < 1.29 is 36.6 Å². The van der Waals surface area contributed by atoms with Gasteiger partial charge in [-0.25, -0.2) is 0 Å². The second-order valence-electron chi connectivity index (χ2n) is 23.9. The Morgan fingerprint density at radius 1 is 0.200 bits per heavy atom. The van der Waals surface area contributed by atoms with Crippen LogP contribution in [0.1, 0.15) is 0 Å². The Balaban J connectivity index is 0.000000147. The van der Waals surface area contributed by atoms with Gasteiger partial charge in [-0.2, -0.15) is 0 Å². The van der Waals surface area contributed by atoms with Crippen molar-refractivity contribution in [3.05, 3.63) is 294 Å². The molecule has 0 unspecified atom stereocenters. The molecule has 20 aromatic rings. The Morgan fingerprint density at radius 2 is 0.442 bits per heavy atom. The highest BCUT2D eigenvalue weighted by Gasteiger charge is 2.22. The lowest BCUT2D eigenvalue weighted by molar-refractivity contribution is 0.426. The van der Waals surface area contributed by atoms with Crippen LogP contribution in [0, 0.1) is 0 Å². The lowest BCUT2D eigenvalue weighted by atomic mass is 9.80. The molecular formula is C84H49BBr2O8. The standard InChI is InChI=1S/C54H30O4.C24H15BO4.C6H4Br2/c1-3-8-31(9-4-1)35-14-22-47-43(27-35)39-18-20-41-45-29-37(16-24-49(45)57-53(41)51(39)55-47)33-12-7-13-34(26-33)38-17-25-50-46(30-38)42-21-19-40-44-28-36(32-10-5-2-6-11-32)15-23-48(44)56-52(40)54(42)58-50;26-25(27)16-7-11-22-20(13-16)18-9-8-17-19-12-15(14-4-2-1-3-5-14)6-10-21(19)28-23(17)24(18)29-22;7-5-2-1-3-6(8)4-5/h1-30H;1-13,26-27H;1-4H. The van der Waals surface area contributed by atoms with E-state index in [4.69, 9.17) is 26.5 Å². The molecule has 14 aromatic carbocycles. The molecule has 0 aliphatic carbocycles. The minimum Gasteiger partial charge on any atom is -0.452 e. The molecule has 0 aliphatic heterocycles. The highest BCUT2D eigenvalue weighted by molar-refractivity contribution is 9.11. The van der Waals surface area contributed by atoms with Crippen molar-refractivity contribution in [1.29, 1.82) is 0 Å². The molecule has 0 bridgehead atoms. The van der Waals surface area contributed by atoms with Crippen molar-refractivity contribution in [3.8, 4) is 55.6 Å². The van der Waals surface area contributed by atoms with Crippen molar-refractivity contribution in [2.24, 2.45) is 0 Å². The fourth-order valence-corrected chi connectivity index (χ4v) is 14.6. The SMILES string of the molecule is Brc1cccc(Br)c1.OB(O)c1ccc2oc3c(ccc4c5cc(-c6ccccc6)ccc5oc43)c2c1.c1ccc(-c2ccc3oc4c(ccc5c6cc(-c7cccc(-c8ccc9oc%10c(ccc%11c%12cc(-c%13ccccc%13)ccc%12oc%11%10)c9c8)c7)ccc6oc54)c3c2)cc1. The molecule has 0 saturated carbocycles. The van der Waals surface area contributed by atoms with Crippen LogP contribution in [-0.2, 0) is 0 Å². The number of hydrogen-bond acceptors (Lipinski definition) is 8. The first-order chi connectivity index (χ1) is 46.7. The van der Waals surface area contributed by atoms with Gasteiger partial charge < -0.3 is 36.6 Å². The van der Waals surface area contributed by atoms with Crippen molar-refractivity contribution in [2.75, 3.05) is 0 Å². The Morgan fingerprint density at radius 3 is 0.716 bits per heavy atom. The first-order valence-corrected chi connectivity index (χ1v) is 32.8. The zero-order chi connectivity index (χ0) is 63.4. The van der Waals surface area contributed by atoms with Crippen LogP contribution in [0.2, 0.25) is 0 Å². The molecule has 20 rings (SSSR count). The van der Waals surface area contributed by atoms with E-state index in [9.17, 15) is 10.0 Å². The van der Waals surface area contributed by atoms with Crippen molar-refractivity contribution >= 4 is 176 Å². The predicted molar refractivity (Wildman–Crippen MR) is 395 cm³/mol. The topological polar surface area (TPSA) is 119 Å². The quantitative estimate of drug-likeness (QED) is 0.158. The maximum atomic E-state index is 9.49. The lowest BCUT2D eigenvalue weighted by Gasteiger charge is -2.07. The molecule has 0 radical (unpaired) electrons. The summed E-state index contributed by atoms with van der Waals surface area (Å²) in [5.41, 5.74) is 21.2. The third kappa shape index (κ3) is 9.90. The number of fused-ring (bicyclic) bond motifs is 21. The van der Waals surface area contributed by atoms with E-state index in [1.807, 2.05) is 72.8 Å². The van der Waals surface area contributed by atoms with E-state index in [0.717, 1.165) is 168 Å². The summed E-state index contributed by atoms with van der Waals surface area (Å²) in [6.45, 7) is 0. The van der Waals surface area contributed by atoms with Gasteiger partial charge in [0.25, 0.3) is 0 Å². The third-order valence-corrected chi connectivity index (χ3v) is 19.2. The lowest BCUT2D eigenvalue weighted by Crippen LogP contribution is -2.29. The van der Waals surface area contributed by atoms with Gasteiger partial charge in [0.1, 0.15) is 33.5 Å². The third-order valence-electron chi connectivity index (χ3n) is 18.2. The molecule has 0 saturated heterocycles. The monoisotopic (exact) mass is 1350 g/mol. The van der Waals surface area contributed by atoms with Gasteiger partial charge >= 0.3 is 7.12 Å². The van der Waals surface area contributed by atoms with E-state index in [0.29, 0.717) is 22.2 Å². The van der Waals surface area contributed by atoms with Gasteiger partial charge in [-0.1, -0.05) is 190 Å². The van der Waals surface area contributed by atoms with Crippen LogP contribution in [-0.4, -0.2) is 17.2 Å². The van der Waals surface area contributed by atoms with Crippen LogP contribution < -0.4 is 5.46 Å². The number of rotatable bonds is 6. The number of benzene rings is 14. The van der Waals surface area contributed by atoms with Gasteiger partial charge in [0.05, 0.1) is 0 Å². The summed E-state index contributed by atoms with van der Waals surface area (Å²) in [5.74, 6) is 0. The van der Waals surface area contributed by atoms with Crippen LogP contribution in [0.3, 0.4) is 0 Å². The van der Waals surface area contributed by atoms with Crippen LogP contribution >= 0.6 is 31.9 Å².